The third-order valence-electron chi connectivity index (χ3n) is 7.80. The fraction of sp³-hybridized carbons (Fsp3) is 0.206. The van der Waals surface area contributed by atoms with E-state index >= 15 is 0 Å². The van der Waals surface area contributed by atoms with Gasteiger partial charge >= 0.3 is 12.1 Å². The highest BCUT2D eigenvalue weighted by atomic mass is 35.5. The van der Waals surface area contributed by atoms with Crippen LogP contribution in [0.1, 0.15) is 42.1 Å². The molecule has 5 aromatic rings. The summed E-state index contributed by atoms with van der Waals surface area (Å²) in [4.78, 5) is 11.8. The maximum atomic E-state index is 14.3. The van der Waals surface area contributed by atoms with Gasteiger partial charge in [0.1, 0.15) is 5.76 Å². The smallest absolute Gasteiger partial charge is 0.449 e. The lowest BCUT2D eigenvalue weighted by molar-refractivity contribution is -0.153. The van der Waals surface area contributed by atoms with Crippen molar-refractivity contribution in [3.05, 3.63) is 124 Å². The predicted molar refractivity (Wildman–Crippen MR) is 166 cm³/mol. The molecule has 1 heterocycles. The highest BCUT2D eigenvalue weighted by Crippen LogP contribution is 2.36. The molecule has 0 aliphatic carbocycles. The average molecular weight is 656 g/mol. The molecule has 11 heteroatoms. The molecule has 0 bridgehead atoms. The maximum absolute atomic E-state index is 14.3. The quantitative estimate of drug-likeness (QED) is 0.171. The van der Waals surface area contributed by atoms with Gasteiger partial charge in [0.05, 0.1) is 16.9 Å². The number of aryl methyl sites for hydroxylation is 1. The first-order chi connectivity index (χ1) is 21.1. The molecule has 4 aromatic carbocycles. The Hall–Kier alpha value is -4.12. The summed E-state index contributed by atoms with van der Waals surface area (Å²) in [6.07, 6.45) is -4.73. The van der Waals surface area contributed by atoms with E-state index in [0.29, 0.717) is 38.6 Å². The first kappa shape index (κ1) is 32.3. The fourth-order valence-corrected chi connectivity index (χ4v) is 7.14. The number of hydrogen-bond acceptors (Lipinski definition) is 4. The van der Waals surface area contributed by atoms with Crippen molar-refractivity contribution in [1.82, 2.24) is 4.31 Å². The SMILES string of the molecule is Cc1ccc2ccccc2c1S(=O)(=O)N(Cc1ccc(C(F)(F)F)o1)Cc1ccc(-c2cccc(C(C)(C)C(=O)O)c2)cc1Cl. The number of fused-ring (bicyclic) bond motifs is 1. The molecule has 0 saturated carbocycles. The molecular formula is C34H29ClF3NO5S. The minimum absolute atomic E-state index is 0.0359. The Morgan fingerprint density at radius 1 is 0.889 bits per heavy atom. The number of alkyl halides is 3. The first-order valence-corrected chi connectivity index (χ1v) is 15.7. The van der Waals surface area contributed by atoms with Gasteiger partial charge in [-0.2, -0.15) is 17.5 Å². The lowest BCUT2D eigenvalue weighted by Gasteiger charge is -2.24. The second-order valence-corrected chi connectivity index (χ2v) is 13.6. The molecular weight excluding hydrogens is 627 g/mol. The summed E-state index contributed by atoms with van der Waals surface area (Å²) in [5.74, 6) is -2.39. The molecule has 0 saturated heterocycles. The van der Waals surface area contributed by atoms with E-state index in [-0.39, 0.29) is 22.2 Å². The maximum Gasteiger partial charge on any atom is 0.449 e. The van der Waals surface area contributed by atoms with Gasteiger partial charge in [-0.3, -0.25) is 4.79 Å². The van der Waals surface area contributed by atoms with Gasteiger partial charge in [-0.05, 0) is 72.2 Å². The molecule has 0 aliphatic heterocycles. The van der Waals surface area contributed by atoms with Crippen LogP contribution in [-0.2, 0) is 39.5 Å². The lowest BCUT2D eigenvalue weighted by Crippen LogP contribution is -2.31. The minimum atomic E-state index is -4.73. The Balaban J connectivity index is 1.56. The van der Waals surface area contributed by atoms with Crippen molar-refractivity contribution < 1.29 is 35.9 Å². The lowest BCUT2D eigenvalue weighted by atomic mass is 9.83. The Kier molecular flexibility index (Phi) is 8.61. The number of halogens is 4. The van der Waals surface area contributed by atoms with E-state index in [4.69, 9.17) is 16.0 Å². The zero-order valence-electron chi connectivity index (χ0n) is 24.5. The molecule has 0 fully saturated rings. The molecule has 45 heavy (non-hydrogen) atoms. The van der Waals surface area contributed by atoms with Crippen LogP contribution in [0.3, 0.4) is 0 Å². The third-order valence-corrected chi connectivity index (χ3v) is 10.1. The summed E-state index contributed by atoms with van der Waals surface area (Å²) in [6.45, 7) is 4.12. The van der Waals surface area contributed by atoms with Crippen LogP contribution in [0, 0.1) is 6.92 Å². The summed E-state index contributed by atoms with van der Waals surface area (Å²) in [5.41, 5.74) is 1.72. The average Bonchev–Trinajstić information content (AvgIpc) is 3.47. The highest BCUT2D eigenvalue weighted by molar-refractivity contribution is 7.89. The molecule has 0 amide bonds. The summed E-state index contributed by atoms with van der Waals surface area (Å²) >= 11 is 6.71. The third kappa shape index (κ3) is 6.49. The van der Waals surface area contributed by atoms with Crippen LogP contribution in [0.2, 0.25) is 5.02 Å². The van der Waals surface area contributed by atoms with Crippen LogP contribution in [0.25, 0.3) is 21.9 Å². The number of nitrogens with zero attached hydrogens (tertiary/aromatic N) is 1. The van der Waals surface area contributed by atoms with Crippen molar-refractivity contribution in [3.63, 3.8) is 0 Å². The van der Waals surface area contributed by atoms with E-state index in [2.05, 4.69) is 0 Å². The van der Waals surface area contributed by atoms with Crippen LogP contribution >= 0.6 is 11.6 Å². The number of furan rings is 1. The molecule has 0 unspecified atom stereocenters. The summed E-state index contributed by atoms with van der Waals surface area (Å²) in [6, 6.07) is 24.4. The number of benzene rings is 4. The van der Waals surface area contributed by atoms with Gasteiger partial charge in [0, 0.05) is 17.0 Å². The summed E-state index contributed by atoms with van der Waals surface area (Å²) < 4.78 is 74.6. The summed E-state index contributed by atoms with van der Waals surface area (Å²) in [7, 11) is -4.31. The standard InChI is InChI=1S/C34H29ClF3NO5S/c1-21-11-12-22-7-4-5-10-28(22)31(21)45(42,43)39(20-27-15-16-30(44-27)34(36,37)38)19-25-14-13-24(18-29(25)35)23-8-6-9-26(17-23)33(2,3)32(40)41/h4-18H,19-20H2,1-3H3,(H,40,41). The molecule has 0 atom stereocenters. The van der Waals surface area contributed by atoms with Gasteiger partial charge in [0.2, 0.25) is 15.8 Å². The Morgan fingerprint density at radius 2 is 1.60 bits per heavy atom. The van der Waals surface area contributed by atoms with Crippen molar-refractivity contribution in [2.24, 2.45) is 0 Å². The molecule has 6 nitrogen and oxygen atoms in total. The van der Waals surface area contributed by atoms with Crippen molar-refractivity contribution in [2.75, 3.05) is 0 Å². The Labute approximate surface area is 263 Å². The minimum Gasteiger partial charge on any atom is -0.481 e. The second kappa shape index (κ2) is 12.0. The number of rotatable bonds is 9. The highest BCUT2D eigenvalue weighted by Gasteiger charge is 2.36. The molecule has 1 aromatic heterocycles. The van der Waals surface area contributed by atoms with E-state index in [9.17, 15) is 31.5 Å². The number of carboxylic acids is 1. The number of aliphatic carboxylic acids is 1. The van der Waals surface area contributed by atoms with Gasteiger partial charge in [-0.15, -0.1) is 0 Å². The fourth-order valence-electron chi connectivity index (χ4n) is 5.09. The largest absolute Gasteiger partial charge is 0.481 e. The van der Waals surface area contributed by atoms with Gasteiger partial charge in [-0.1, -0.05) is 84.4 Å². The molecule has 5 rings (SSSR count). The van der Waals surface area contributed by atoms with Gasteiger partial charge in [0.25, 0.3) is 0 Å². The van der Waals surface area contributed by atoms with E-state index in [0.717, 1.165) is 16.4 Å². The molecule has 234 valence electrons. The van der Waals surface area contributed by atoms with E-state index < -0.39 is 39.9 Å². The Morgan fingerprint density at radius 3 is 2.27 bits per heavy atom. The molecule has 1 N–H and O–H groups in total. The van der Waals surface area contributed by atoms with Gasteiger partial charge in [0.15, 0.2) is 0 Å². The zero-order valence-corrected chi connectivity index (χ0v) is 26.1. The molecule has 0 spiro atoms. The van der Waals surface area contributed by atoms with E-state index in [1.807, 2.05) is 6.07 Å². The van der Waals surface area contributed by atoms with Crippen molar-refractivity contribution in [3.8, 4) is 11.1 Å². The molecule has 0 radical (unpaired) electrons. The van der Waals surface area contributed by atoms with Crippen LogP contribution < -0.4 is 0 Å². The van der Waals surface area contributed by atoms with Crippen molar-refractivity contribution >= 4 is 38.4 Å². The topological polar surface area (TPSA) is 87.8 Å². The number of sulfonamides is 1. The predicted octanol–water partition coefficient (Wildman–Crippen LogP) is 8.83. The first-order valence-electron chi connectivity index (χ1n) is 13.9. The Bertz CT molecular complexity index is 2020. The normalized spacial score (nSPS) is 12.6. The van der Waals surface area contributed by atoms with Crippen LogP contribution in [0.5, 0.6) is 0 Å². The monoisotopic (exact) mass is 655 g/mol. The number of carbonyl (C=O) groups is 1. The summed E-state index contributed by atoms with van der Waals surface area (Å²) in [5, 5.41) is 11.0. The second-order valence-electron chi connectivity index (χ2n) is 11.3. The number of hydrogen-bond donors (Lipinski definition) is 1. The van der Waals surface area contributed by atoms with Gasteiger partial charge in [-0.25, -0.2) is 8.42 Å². The van der Waals surface area contributed by atoms with Crippen molar-refractivity contribution in [1.29, 1.82) is 0 Å². The molecule has 0 aliphatic rings. The van der Waals surface area contributed by atoms with Gasteiger partial charge < -0.3 is 9.52 Å². The van der Waals surface area contributed by atoms with Crippen LogP contribution in [0.4, 0.5) is 13.2 Å². The van der Waals surface area contributed by atoms with Crippen LogP contribution in [0.15, 0.2) is 100 Å². The number of carboxylic acid groups (broad SMARTS) is 1. The van der Waals surface area contributed by atoms with Crippen molar-refractivity contribution in [2.45, 2.75) is 50.3 Å². The zero-order chi connectivity index (χ0) is 32.7. The van der Waals surface area contributed by atoms with E-state index in [1.165, 1.54) is 0 Å². The van der Waals surface area contributed by atoms with E-state index in [1.54, 1.807) is 93.6 Å². The van der Waals surface area contributed by atoms with Crippen LogP contribution in [-0.4, -0.2) is 23.8 Å².